The average molecular weight is 1180 g/mol. The minimum Gasteiger partial charge on any atom is -0.545 e. The standard InChI is InChI=1S/C76H127NO8/c1-6-8-10-12-14-16-18-20-22-24-26-28-29-30-31-32-33-34-35-36-37-38-39-40-41-42-43-44-45-47-49-51-53-55-57-59-61-63-65-67-74(79)85-72(71-84-76(75(80)81)82-69-68-77(3,4)5)70-83-73(78)66-64-62-60-58-56-54-52-50-48-46-27-25-23-21-19-17-15-13-11-9-7-2/h8-11,14-17,20-23,26-28,30-31,33-34,46,50,52,72,76H,6-7,12-13,18-19,24-25,29,32,35-45,47-49,51,53-71H2,1-5H3/b10-8-,11-9-,16-14-,17-15-,22-20-,23-21-,28-26-,31-30-,34-33-,46-27-,52-50-. The van der Waals surface area contributed by atoms with Crippen molar-refractivity contribution < 1.29 is 42.9 Å². The molecule has 0 aromatic heterocycles. The second kappa shape index (κ2) is 65.4. The van der Waals surface area contributed by atoms with Gasteiger partial charge >= 0.3 is 11.9 Å². The van der Waals surface area contributed by atoms with Crippen molar-refractivity contribution >= 4 is 17.9 Å². The van der Waals surface area contributed by atoms with Crippen LogP contribution in [0.5, 0.6) is 0 Å². The summed E-state index contributed by atoms with van der Waals surface area (Å²) in [4.78, 5) is 37.4. The molecule has 0 spiro atoms. The molecular weight excluding hydrogens is 1050 g/mol. The largest absolute Gasteiger partial charge is 0.545 e. The highest BCUT2D eigenvalue weighted by Gasteiger charge is 2.22. The maximum absolute atomic E-state index is 12.9. The lowest BCUT2D eigenvalue weighted by atomic mass is 10.0. The number of carbonyl (C=O) groups excluding carboxylic acids is 3. The molecule has 0 aliphatic rings. The Morgan fingerprint density at radius 3 is 0.941 bits per heavy atom. The zero-order valence-electron chi connectivity index (χ0n) is 55.2. The highest BCUT2D eigenvalue weighted by atomic mass is 16.7. The average Bonchev–Trinajstić information content (AvgIpc) is 3.49. The van der Waals surface area contributed by atoms with Crippen LogP contribution < -0.4 is 5.11 Å². The van der Waals surface area contributed by atoms with Gasteiger partial charge in [-0.2, -0.15) is 0 Å². The van der Waals surface area contributed by atoms with Crippen LogP contribution in [0.4, 0.5) is 0 Å². The highest BCUT2D eigenvalue weighted by molar-refractivity contribution is 5.70. The fourth-order valence-electron chi connectivity index (χ4n) is 9.22. The maximum Gasteiger partial charge on any atom is 0.306 e. The summed E-state index contributed by atoms with van der Waals surface area (Å²) in [6.07, 6.45) is 91.1. The van der Waals surface area contributed by atoms with E-state index in [-0.39, 0.29) is 38.6 Å². The lowest BCUT2D eigenvalue weighted by Crippen LogP contribution is -2.44. The molecule has 0 N–H and O–H groups in total. The van der Waals surface area contributed by atoms with Gasteiger partial charge in [-0.25, -0.2) is 0 Å². The number of carbonyl (C=O) groups is 3. The van der Waals surface area contributed by atoms with E-state index in [9.17, 15) is 19.5 Å². The van der Waals surface area contributed by atoms with Gasteiger partial charge < -0.3 is 33.3 Å². The Balaban J connectivity index is 4.08. The summed E-state index contributed by atoms with van der Waals surface area (Å²) < 4.78 is 22.7. The fourth-order valence-corrected chi connectivity index (χ4v) is 9.22. The van der Waals surface area contributed by atoms with Gasteiger partial charge in [-0.1, -0.05) is 282 Å². The Labute approximate surface area is 522 Å². The summed E-state index contributed by atoms with van der Waals surface area (Å²) >= 11 is 0. The topological polar surface area (TPSA) is 111 Å². The van der Waals surface area contributed by atoms with E-state index in [0.717, 1.165) is 122 Å². The third-order valence-corrected chi connectivity index (χ3v) is 14.4. The van der Waals surface area contributed by atoms with Gasteiger partial charge in [0.15, 0.2) is 12.4 Å². The molecule has 0 rings (SSSR count). The summed E-state index contributed by atoms with van der Waals surface area (Å²) in [5.74, 6) is -2.31. The normalized spacial score (nSPS) is 13.6. The molecule has 2 unspecified atom stereocenters. The molecule has 0 aliphatic carbocycles. The van der Waals surface area contributed by atoms with Gasteiger partial charge in [-0.3, -0.25) is 9.59 Å². The van der Waals surface area contributed by atoms with Crippen molar-refractivity contribution in [2.45, 2.75) is 283 Å². The van der Waals surface area contributed by atoms with Crippen molar-refractivity contribution in [3.63, 3.8) is 0 Å². The zero-order chi connectivity index (χ0) is 61.9. The van der Waals surface area contributed by atoms with E-state index in [1.165, 1.54) is 109 Å². The second-order valence-corrected chi connectivity index (χ2v) is 23.7. The van der Waals surface area contributed by atoms with E-state index in [1.54, 1.807) is 0 Å². The third kappa shape index (κ3) is 66.8. The summed E-state index contributed by atoms with van der Waals surface area (Å²) in [5.41, 5.74) is 0. The molecule has 2 atom stereocenters. The molecule has 85 heavy (non-hydrogen) atoms. The molecule has 9 heteroatoms. The van der Waals surface area contributed by atoms with E-state index in [1.807, 2.05) is 21.1 Å². The minimum absolute atomic E-state index is 0.139. The van der Waals surface area contributed by atoms with Gasteiger partial charge in [0.1, 0.15) is 13.2 Å². The highest BCUT2D eigenvalue weighted by Crippen LogP contribution is 2.17. The number of carboxylic acids is 1. The van der Waals surface area contributed by atoms with Crippen molar-refractivity contribution in [3.8, 4) is 0 Å². The van der Waals surface area contributed by atoms with Gasteiger partial charge in [0, 0.05) is 12.8 Å². The molecule has 0 heterocycles. The van der Waals surface area contributed by atoms with Crippen molar-refractivity contribution in [1.29, 1.82) is 0 Å². The molecule has 9 nitrogen and oxygen atoms in total. The number of hydrogen-bond donors (Lipinski definition) is 0. The smallest absolute Gasteiger partial charge is 0.306 e. The molecule has 0 aliphatic heterocycles. The van der Waals surface area contributed by atoms with Gasteiger partial charge in [0.2, 0.25) is 0 Å². The monoisotopic (exact) mass is 1180 g/mol. The van der Waals surface area contributed by atoms with Crippen LogP contribution in [-0.2, 0) is 33.3 Å². The Hall–Kier alpha value is -4.57. The van der Waals surface area contributed by atoms with Crippen LogP contribution in [0, 0.1) is 0 Å². The number of likely N-dealkylation sites (N-methyl/N-ethyl adjacent to an activating group) is 1. The summed E-state index contributed by atoms with van der Waals surface area (Å²) in [5, 5.41) is 11.8. The van der Waals surface area contributed by atoms with Crippen LogP contribution >= 0.6 is 0 Å². The number of esters is 2. The van der Waals surface area contributed by atoms with Gasteiger partial charge in [-0.05, 0) is 109 Å². The number of unbranched alkanes of at least 4 members (excludes halogenated alkanes) is 25. The van der Waals surface area contributed by atoms with Gasteiger partial charge in [0.25, 0.3) is 0 Å². The summed E-state index contributed by atoms with van der Waals surface area (Å²) in [6.45, 7) is 4.50. The number of nitrogens with zero attached hydrogens (tertiary/aromatic N) is 1. The first-order chi connectivity index (χ1) is 41.6. The molecular formula is C76H127NO8. The molecule has 0 bridgehead atoms. The molecule has 0 radical (unpaired) electrons. The molecule has 0 saturated carbocycles. The van der Waals surface area contributed by atoms with E-state index in [0.29, 0.717) is 23.9 Å². The maximum atomic E-state index is 12.9. The Kier molecular flexibility index (Phi) is 61.9. The number of quaternary nitrogens is 1. The first kappa shape index (κ1) is 80.4. The predicted octanol–water partition coefficient (Wildman–Crippen LogP) is 20.0. The summed E-state index contributed by atoms with van der Waals surface area (Å²) in [6, 6.07) is 0. The van der Waals surface area contributed by atoms with Crippen molar-refractivity contribution in [1.82, 2.24) is 0 Å². The lowest BCUT2D eigenvalue weighted by Gasteiger charge is -2.26. The molecule has 0 aromatic rings. The number of hydrogen-bond acceptors (Lipinski definition) is 8. The number of carboxylic acid groups (broad SMARTS) is 1. The molecule has 0 saturated heterocycles. The van der Waals surface area contributed by atoms with Gasteiger partial charge in [0.05, 0.1) is 40.3 Å². The van der Waals surface area contributed by atoms with Crippen molar-refractivity contribution in [2.75, 3.05) is 47.5 Å². The fraction of sp³-hybridized carbons (Fsp3) is 0.671. The molecule has 0 aromatic carbocycles. The van der Waals surface area contributed by atoms with Crippen LogP contribution in [-0.4, -0.2) is 82.3 Å². The molecule has 0 amide bonds. The quantitative estimate of drug-likeness (QED) is 0.0195. The van der Waals surface area contributed by atoms with Crippen LogP contribution in [0.1, 0.15) is 271 Å². The number of ether oxygens (including phenoxy) is 4. The lowest BCUT2D eigenvalue weighted by molar-refractivity contribution is -0.870. The number of aliphatic carboxylic acids is 1. The summed E-state index contributed by atoms with van der Waals surface area (Å²) in [7, 11) is 5.92. The first-order valence-corrected chi connectivity index (χ1v) is 34.3. The van der Waals surface area contributed by atoms with Crippen molar-refractivity contribution in [3.05, 3.63) is 134 Å². The molecule has 0 fully saturated rings. The Morgan fingerprint density at radius 1 is 0.353 bits per heavy atom. The molecule has 484 valence electrons. The number of allylic oxidation sites excluding steroid dienone is 22. The third-order valence-electron chi connectivity index (χ3n) is 14.4. The van der Waals surface area contributed by atoms with E-state index in [2.05, 4.69) is 148 Å². The number of rotatable bonds is 62. The van der Waals surface area contributed by atoms with Crippen LogP contribution in [0.15, 0.2) is 134 Å². The Bertz CT molecular complexity index is 1860. The van der Waals surface area contributed by atoms with E-state index >= 15 is 0 Å². The zero-order valence-corrected chi connectivity index (χ0v) is 55.2. The SMILES string of the molecule is CC/C=C\C/C=C\C/C=C\C/C=C\C/C=C\C/C=C\CCCCCCCCCCCCCCCCCCCCCCC(=O)OC(COC(=O)CCCCCCC/C=C\C/C=C\C/C=C\C/C=C\C/C=C\CC)COC(OCC[N+](C)(C)C)C(=O)[O-]. The van der Waals surface area contributed by atoms with Gasteiger partial charge in [-0.15, -0.1) is 0 Å². The van der Waals surface area contributed by atoms with Crippen molar-refractivity contribution in [2.24, 2.45) is 0 Å². The van der Waals surface area contributed by atoms with Crippen LogP contribution in [0.3, 0.4) is 0 Å². The Morgan fingerprint density at radius 2 is 0.635 bits per heavy atom. The van der Waals surface area contributed by atoms with E-state index < -0.39 is 24.3 Å². The minimum atomic E-state index is -1.63. The predicted molar refractivity (Wildman–Crippen MR) is 361 cm³/mol. The van der Waals surface area contributed by atoms with E-state index in [4.69, 9.17) is 18.9 Å². The second-order valence-electron chi connectivity index (χ2n) is 23.7. The van der Waals surface area contributed by atoms with Crippen LogP contribution in [0.2, 0.25) is 0 Å². The first-order valence-electron chi connectivity index (χ1n) is 34.3. The van der Waals surface area contributed by atoms with Crippen LogP contribution in [0.25, 0.3) is 0 Å².